The minimum atomic E-state index is -0.448. The van der Waals surface area contributed by atoms with E-state index in [0.717, 1.165) is 24.0 Å². The van der Waals surface area contributed by atoms with Crippen LogP contribution in [0, 0.1) is 10.1 Å². The summed E-state index contributed by atoms with van der Waals surface area (Å²) in [5.74, 6) is 1.31. The van der Waals surface area contributed by atoms with Crippen molar-refractivity contribution in [3.63, 3.8) is 0 Å². The molecule has 2 rings (SSSR count). The topological polar surface area (TPSA) is 93.8 Å². The molecule has 0 saturated carbocycles. The fourth-order valence-electron chi connectivity index (χ4n) is 1.29. The minimum Gasteiger partial charge on any atom is -0.373 e. The zero-order valence-electron chi connectivity index (χ0n) is 10.3. The average Bonchev–Trinajstić information content (AvgIpc) is 2.86. The molecule has 0 radical (unpaired) electrons. The van der Waals surface area contributed by atoms with Gasteiger partial charge in [-0.1, -0.05) is 6.92 Å². The van der Waals surface area contributed by atoms with Crippen LogP contribution >= 0.6 is 23.3 Å². The lowest BCUT2D eigenvalue weighted by Crippen LogP contribution is -1.97. The number of hydrogen-bond acceptors (Lipinski definition) is 8. The Morgan fingerprint density at radius 1 is 1.47 bits per heavy atom. The summed E-state index contributed by atoms with van der Waals surface area (Å²) >= 11 is 2.38. The van der Waals surface area contributed by atoms with Gasteiger partial charge in [0.15, 0.2) is 9.37 Å². The number of aryl methyl sites for hydroxylation is 1. The van der Waals surface area contributed by atoms with Gasteiger partial charge < -0.3 is 5.32 Å². The van der Waals surface area contributed by atoms with E-state index in [1.165, 1.54) is 17.6 Å². The fraction of sp³-hybridized carbons (Fsp3) is 0.300. The summed E-state index contributed by atoms with van der Waals surface area (Å²) in [6, 6.07) is 3.00. The monoisotopic (exact) mass is 297 g/mol. The third kappa shape index (κ3) is 3.18. The van der Waals surface area contributed by atoms with Gasteiger partial charge in [0.2, 0.25) is 0 Å². The van der Waals surface area contributed by atoms with Gasteiger partial charge in [0.05, 0.1) is 4.92 Å². The summed E-state index contributed by atoms with van der Waals surface area (Å²) < 4.78 is 4.80. The Kier molecular flexibility index (Phi) is 4.27. The predicted molar refractivity (Wildman–Crippen MR) is 73.8 cm³/mol. The highest BCUT2D eigenvalue weighted by atomic mass is 32.2. The Morgan fingerprint density at radius 3 is 2.84 bits per heavy atom. The van der Waals surface area contributed by atoms with E-state index in [0.29, 0.717) is 15.2 Å². The fourth-order valence-corrected chi connectivity index (χ4v) is 3.00. The van der Waals surface area contributed by atoms with Crippen LogP contribution in [0.1, 0.15) is 12.7 Å². The summed E-state index contributed by atoms with van der Waals surface area (Å²) in [4.78, 5) is 19.0. The first-order valence-corrected chi connectivity index (χ1v) is 7.06. The van der Waals surface area contributed by atoms with Crippen LogP contribution in [-0.4, -0.2) is 26.3 Å². The second kappa shape index (κ2) is 5.93. The number of anilines is 1. The van der Waals surface area contributed by atoms with Crippen LogP contribution in [0.25, 0.3) is 0 Å². The van der Waals surface area contributed by atoms with Gasteiger partial charge in [0.1, 0.15) is 11.6 Å². The van der Waals surface area contributed by atoms with Crippen molar-refractivity contribution in [3.05, 3.63) is 28.1 Å². The zero-order valence-corrected chi connectivity index (χ0v) is 11.9. The second-order valence-electron chi connectivity index (χ2n) is 3.46. The number of hydrogen-bond donors (Lipinski definition) is 1. The lowest BCUT2D eigenvalue weighted by Gasteiger charge is -2.02. The molecule has 0 aliphatic rings. The van der Waals surface area contributed by atoms with Gasteiger partial charge in [-0.3, -0.25) is 10.1 Å². The van der Waals surface area contributed by atoms with Gasteiger partial charge in [-0.2, -0.15) is 4.37 Å². The van der Waals surface area contributed by atoms with Crippen molar-refractivity contribution in [2.45, 2.75) is 22.7 Å². The highest BCUT2D eigenvalue weighted by molar-refractivity contribution is 8.01. The van der Waals surface area contributed by atoms with Crippen LogP contribution in [0.15, 0.2) is 21.5 Å². The van der Waals surface area contributed by atoms with Crippen molar-refractivity contribution in [1.29, 1.82) is 0 Å². The maximum absolute atomic E-state index is 11.0. The maximum Gasteiger partial charge on any atom is 0.301 e. The normalized spacial score (nSPS) is 10.4. The van der Waals surface area contributed by atoms with Crippen LogP contribution in [0.5, 0.6) is 0 Å². The van der Waals surface area contributed by atoms with Crippen molar-refractivity contribution < 1.29 is 4.92 Å². The molecule has 0 amide bonds. The number of pyridine rings is 1. The van der Waals surface area contributed by atoms with Crippen LogP contribution in [-0.2, 0) is 6.42 Å². The van der Waals surface area contributed by atoms with Gasteiger partial charge in [-0.25, -0.2) is 9.97 Å². The largest absolute Gasteiger partial charge is 0.373 e. The standard InChI is InChI=1S/C10H11N5O2S2/c1-3-7-13-10(19-14-7)18-9-6(15(16)17)4-5-8(11-2)12-9/h4-5H,3H2,1-2H3,(H,11,12). The Hall–Kier alpha value is -1.74. The van der Waals surface area contributed by atoms with Crippen molar-refractivity contribution >= 4 is 34.8 Å². The molecule has 2 heterocycles. The first-order valence-electron chi connectivity index (χ1n) is 5.47. The molecule has 0 fully saturated rings. The van der Waals surface area contributed by atoms with Crippen LogP contribution in [0.2, 0.25) is 0 Å². The summed E-state index contributed by atoms with van der Waals surface area (Å²) in [5, 5.41) is 14.1. The van der Waals surface area contributed by atoms with Crippen LogP contribution in [0.4, 0.5) is 11.5 Å². The molecule has 0 atom stereocenters. The van der Waals surface area contributed by atoms with E-state index in [9.17, 15) is 10.1 Å². The molecule has 0 unspecified atom stereocenters. The third-order valence-corrected chi connectivity index (χ3v) is 4.03. The molecule has 1 N–H and O–H groups in total. The van der Waals surface area contributed by atoms with E-state index in [2.05, 4.69) is 19.7 Å². The van der Waals surface area contributed by atoms with Gasteiger partial charge in [-0.15, -0.1) is 0 Å². The number of nitro groups is 1. The highest BCUT2D eigenvalue weighted by Gasteiger charge is 2.18. The van der Waals surface area contributed by atoms with Crippen LogP contribution < -0.4 is 5.32 Å². The Labute approximate surface area is 117 Å². The summed E-state index contributed by atoms with van der Waals surface area (Å²) in [6.07, 6.45) is 0.739. The van der Waals surface area contributed by atoms with Gasteiger partial charge in [0, 0.05) is 19.5 Å². The van der Waals surface area contributed by atoms with E-state index >= 15 is 0 Å². The molecule has 2 aromatic rings. The number of nitrogens with zero attached hydrogens (tertiary/aromatic N) is 4. The summed E-state index contributed by atoms with van der Waals surface area (Å²) in [6.45, 7) is 1.96. The predicted octanol–water partition coefficient (Wildman–Crippen LogP) is 2.60. The van der Waals surface area contributed by atoms with Crippen molar-refractivity contribution in [2.24, 2.45) is 0 Å². The SMILES string of the molecule is CCc1nsc(Sc2nc(NC)ccc2[N+](=O)[O-])n1. The highest BCUT2D eigenvalue weighted by Crippen LogP contribution is 2.34. The van der Waals surface area contributed by atoms with E-state index in [-0.39, 0.29) is 5.69 Å². The van der Waals surface area contributed by atoms with Gasteiger partial charge in [0.25, 0.3) is 0 Å². The number of nitrogens with one attached hydrogen (secondary N) is 1. The molecule has 100 valence electrons. The smallest absolute Gasteiger partial charge is 0.301 e. The number of rotatable bonds is 5. The third-order valence-electron chi connectivity index (χ3n) is 2.24. The molecule has 19 heavy (non-hydrogen) atoms. The van der Waals surface area contributed by atoms with E-state index in [4.69, 9.17) is 0 Å². The van der Waals surface area contributed by atoms with Gasteiger partial charge >= 0.3 is 5.69 Å². The molecule has 0 bridgehead atoms. The number of aromatic nitrogens is 3. The minimum absolute atomic E-state index is 0.0303. The van der Waals surface area contributed by atoms with E-state index in [1.807, 2.05) is 6.92 Å². The average molecular weight is 297 g/mol. The van der Waals surface area contributed by atoms with Crippen molar-refractivity contribution in [3.8, 4) is 0 Å². The molecular formula is C10H11N5O2S2. The van der Waals surface area contributed by atoms with Crippen LogP contribution in [0.3, 0.4) is 0 Å². The molecule has 0 saturated heterocycles. The molecular weight excluding hydrogens is 286 g/mol. The van der Waals surface area contributed by atoms with E-state index in [1.54, 1.807) is 13.1 Å². The van der Waals surface area contributed by atoms with Gasteiger partial charge in [-0.05, 0) is 29.4 Å². The van der Waals surface area contributed by atoms with E-state index < -0.39 is 4.92 Å². The summed E-state index contributed by atoms with van der Waals surface area (Å²) in [5.41, 5.74) is -0.0303. The molecule has 0 aliphatic carbocycles. The first-order chi connectivity index (χ1) is 9.13. The zero-order chi connectivity index (χ0) is 13.8. The molecule has 2 aromatic heterocycles. The quantitative estimate of drug-likeness (QED) is 0.669. The van der Waals surface area contributed by atoms with Crippen molar-refractivity contribution in [2.75, 3.05) is 12.4 Å². The molecule has 0 aliphatic heterocycles. The Morgan fingerprint density at radius 2 is 2.26 bits per heavy atom. The lowest BCUT2D eigenvalue weighted by atomic mass is 10.4. The molecule has 7 nitrogen and oxygen atoms in total. The Bertz CT molecular complexity index is 601. The Balaban J connectivity index is 2.33. The molecule has 9 heteroatoms. The van der Waals surface area contributed by atoms with Crippen molar-refractivity contribution in [1.82, 2.24) is 14.3 Å². The lowest BCUT2D eigenvalue weighted by molar-refractivity contribution is -0.388. The molecule has 0 spiro atoms. The second-order valence-corrected chi connectivity index (χ2v) is 5.45. The summed E-state index contributed by atoms with van der Waals surface area (Å²) in [7, 11) is 1.71. The maximum atomic E-state index is 11.0. The first kappa shape index (κ1) is 13.7. The molecule has 0 aromatic carbocycles.